The van der Waals surface area contributed by atoms with E-state index in [0.717, 1.165) is 34.9 Å². The van der Waals surface area contributed by atoms with Gasteiger partial charge in [0.25, 0.3) is 5.22 Å². The van der Waals surface area contributed by atoms with Crippen molar-refractivity contribution in [3.05, 3.63) is 27.8 Å². The first-order chi connectivity index (χ1) is 12.6. The van der Waals surface area contributed by atoms with Gasteiger partial charge in [0.1, 0.15) is 0 Å². The highest BCUT2D eigenvalue weighted by atomic mass is 32.2. The number of carbonyl (C=O) groups is 2. The van der Waals surface area contributed by atoms with Crippen LogP contribution in [0.3, 0.4) is 0 Å². The third-order valence-electron chi connectivity index (χ3n) is 4.39. The van der Waals surface area contributed by atoms with Crippen LogP contribution in [0.4, 0.5) is 0 Å². The second kappa shape index (κ2) is 9.32. The Morgan fingerprint density at radius 3 is 2.85 bits per heavy atom. The number of carbonyl (C=O) groups excluding carboxylic acids is 2. The molecule has 1 saturated carbocycles. The summed E-state index contributed by atoms with van der Waals surface area (Å²) in [7, 11) is 0. The highest BCUT2D eigenvalue weighted by molar-refractivity contribution is 7.99. The number of rotatable bonds is 8. The van der Waals surface area contributed by atoms with Crippen LogP contribution in [0.2, 0.25) is 0 Å². The van der Waals surface area contributed by atoms with E-state index < -0.39 is 0 Å². The number of hydrogen-bond donors (Lipinski definition) is 1. The summed E-state index contributed by atoms with van der Waals surface area (Å²) in [4.78, 5) is 25.0. The number of hydrogen-bond acceptors (Lipinski definition) is 7. The molecule has 0 radical (unpaired) electrons. The predicted octanol–water partition coefficient (Wildman–Crippen LogP) is 3.83. The molecule has 2 aromatic rings. The van der Waals surface area contributed by atoms with Crippen LogP contribution in [0.15, 0.2) is 21.8 Å². The number of ketones is 1. The van der Waals surface area contributed by atoms with Gasteiger partial charge in [-0.2, -0.15) is 0 Å². The van der Waals surface area contributed by atoms with E-state index in [4.69, 9.17) is 4.42 Å². The van der Waals surface area contributed by atoms with E-state index in [-0.39, 0.29) is 17.4 Å². The van der Waals surface area contributed by atoms with Gasteiger partial charge >= 0.3 is 0 Å². The molecule has 0 aromatic carbocycles. The summed E-state index contributed by atoms with van der Waals surface area (Å²) >= 11 is 2.77. The summed E-state index contributed by atoms with van der Waals surface area (Å²) < 4.78 is 5.74. The molecule has 1 fully saturated rings. The van der Waals surface area contributed by atoms with Crippen LogP contribution in [0.5, 0.6) is 0 Å². The highest BCUT2D eigenvalue weighted by Gasteiger charge is 2.21. The zero-order chi connectivity index (χ0) is 18.4. The highest BCUT2D eigenvalue weighted by Crippen LogP contribution is 2.33. The zero-order valence-electron chi connectivity index (χ0n) is 14.8. The lowest BCUT2D eigenvalue weighted by atomic mass is 9.89. The SMILES string of the molecule is CC(=O)NCCc1ccc(C(=O)CSc2nnc(C3CCCCC3)o2)s1. The van der Waals surface area contributed by atoms with E-state index in [1.54, 1.807) is 0 Å². The quantitative estimate of drug-likeness (QED) is 0.542. The minimum Gasteiger partial charge on any atom is -0.416 e. The van der Waals surface area contributed by atoms with Crippen LogP contribution in [0.1, 0.15) is 65.4 Å². The minimum absolute atomic E-state index is 0.0404. The van der Waals surface area contributed by atoms with Crippen molar-refractivity contribution in [1.29, 1.82) is 0 Å². The Kier molecular flexibility index (Phi) is 6.85. The molecule has 26 heavy (non-hydrogen) atoms. The topological polar surface area (TPSA) is 85.1 Å². The van der Waals surface area contributed by atoms with Crippen LogP contribution in [-0.4, -0.2) is 34.2 Å². The Balaban J connectivity index is 1.47. The number of amides is 1. The van der Waals surface area contributed by atoms with Gasteiger partial charge in [0.2, 0.25) is 11.8 Å². The van der Waals surface area contributed by atoms with E-state index in [1.807, 2.05) is 12.1 Å². The molecule has 8 heteroatoms. The lowest BCUT2D eigenvalue weighted by molar-refractivity contribution is -0.118. The molecule has 6 nitrogen and oxygen atoms in total. The fourth-order valence-corrected chi connectivity index (χ4v) is 4.70. The van der Waals surface area contributed by atoms with Crippen LogP contribution < -0.4 is 5.32 Å². The molecular weight excluding hydrogens is 370 g/mol. The van der Waals surface area contributed by atoms with Crippen molar-refractivity contribution < 1.29 is 14.0 Å². The number of nitrogens with zero attached hydrogens (tertiary/aromatic N) is 2. The summed E-state index contributed by atoms with van der Waals surface area (Å²) in [6.45, 7) is 2.09. The van der Waals surface area contributed by atoms with Gasteiger partial charge < -0.3 is 9.73 Å². The lowest BCUT2D eigenvalue weighted by Gasteiger charge is -2.17. The first kappa shape index (κ1) is 19.1. The van der Waals surface area contributed by atoms with Gasteiger partial charge in [-0.1, -0.05) is 31.0 Å². The van der Waals surface area contributed by atoms with E-state index in [1.165, 1.54) is 49.3 Å². The van der Waals surface area contributed by atoms with Crippen molar-refractivity contribution in [1.82, 2.24) is 15.5 Å². The maximum absolute atomic E-state index is 12.4. The number of aromatic nitrogens is 2. The number of thioether (sulfide) groups is 1. The summed E-state index contributed by atoms with van der Waals surface area (Å²) in [5, 5.41) is 11.5. The van der Waals surface area contributed by atoms with Gasteiger partial charge in [0.05, 0.1) is 10.6 Å². The molecule has 0 bridgehead atoms. The maximum Gasteiger partial charge on any atom is 0.277 e. The Morgan fingerprint density at radius 2 is 2.08 bits per heavy atom. The molecule has 140 valence electrons. The summed E-state index contributed by atoms with van der Waals surface area (Å²) in [5.41, 5.74) is 0. The maximum atomic E-state index is 12.4. The molecule has 0 saturated heterocycles. The van der Waals surface area contributed by atoms with Crippen LogP contribution >= 0.6 is 23.1 Å². The molecule has 1 aliphatic rings. The zero-order valence-corrected chi connectivity index (χ0v) is 16.5. The monoisotopic (exact) mass is 393 g/mol. The molecule has 2 aromatic heterocycles. The normalized spacial score (nSPS) is 15.1. The van der Waals surface area contributed by atoms with Crippen LogP contribution in [0.25, 0.3) is 0 Å². The summed E-state index contributed by atoms with van der Waals surface area (Å²) in [6.07, 6.45) is 6.68. The van der Waals surface area contributed by atoms with E-state index in [0.29, 0.717) is 17.7 Å². The van der Waals surface area contributed by atoms with Crippen molar-refractivity contribution in [2.75, 3.05) is 12.3 Å². The van der Waals surface area contributed by atoms with Gasteiger partial charge in [0.15, 0.2) is 5.78 Å². The fourth-order valence-electron chi connectivity index (χ4n) is 3.02. The number of Topliss-reactive ketones (excluding diaryl/α,β-unsaturated/α-hetero) is 1. The van der Waals surface area contributed by atoms with Gasteiger partial charge in [-0.15, -0.1) is 21.5 Å². The third-order valence-corrected chi connectivity index (χ3v) is 6.39. The average Bonchev–Trinajstić information content (AvgIpc) is 3.30. The second-order valence-electron chi connectivity index (χ2n) is 6.45. The van der Waals surface area contributed by atoms with E-state index in [9.17, 15) is 9.59 Å². The average molecular weight is 394 g/mol. The van der Waals surface area contributed by atoms with Gasteiger partial charge in [-0.05, 0) is 31.4 Å². The van der Waals surface area contributed by atoms with E-state index in [2.05, 4.69) is 15.5 Å². The first-order valence-electron chi connectivity index (χ1n) is 8.94. The molecule has 1 N–H and O–H groups in total. The molecular formula is C18H23N3O3S2. The molecule has 0 unspecified atom stereocenters. The van der Waals surface area contributed by atoms with Crippen LogP contribution in [-0.2, 0) is 11.2 Å². The third kappa shape index (κ3) is 5.41. The molecule has 2 heterocycles. The molecule has 0 spiro atoms. The standard InChI is InChI=1S/C18H23N3O3S2/c1-12(22)19-10-9-14-7-8-16(26-14)15(23)11-25-18-21-20-17(24-18)13-5-3-2-4-6-13/h7-8,13H,2-6,9-11H2,1H3,(H,19,22). The molecule has 1 amide bonds. The first-order valence-corrected chi connectivity index (χ1v) is 10.7. The largest absolute Gasteiger partial charge is 0.416 e. The molecule has 3 rings (SSSR count). The fraction of sp³-hybridized carbons (Fsp3) is 0.556. The summed E-state index contributed by atoms with van der Waals surface area (Å²) in [5.74, 6) is 1.41. The van der Waals surface area contributed by atoms with Crippen LogP contribution in [0, 0.1) is 0 Å². The Labute approximate surface area is 161 Å². The van der Waals surface area contributed by atoms with Gasteiger partial charge in [0, 0.05) is 24.3 Å². The van der Waals surface area contributed by atoms with Gasteiger partial charge in [-0.25, -0.2) is 0 Å². The Morgan fingerprint density at radius 1 is 1.27 bits per heavy atom. The Hall–Kier alpha value is -1.67. The van der Waals surface area contributed by atoms with Crippen molar-refractivity contribution >= 4 is 34.8 Å². The smallest absolute Gasteiger partial charge is 0.277 e. The summed E-state index contributed by atoms with van der Waals surface area (Å²) in [6, 6.07) is 3.79. The van der Waals surface area contributed by atoms with Crippen molar-refractivity contribution in [2.24, 2.45) is 0 Å². The molecule has 0 atom stereocenters. The lowest BCUT2D eigenvalue weighted by Crippen LogP contribution is -2.22. The Bertz CT molecular complexity index is 750. The van der Waals surface area contributed by atoms with Crippen molar-refractivity contribution in [3.8, 4) is 0 Å². The molecule has 0 aliphatic heterocycles. The van der Waals surface area contributed by atoms with E-state index >= 15 is 0 Å². The molecule has 1 aliphatic carbocycles. The number of thiophene rings is 1. The van der Waals surface area contributed by atoms with Crippen molar-refractivity contribution in [3.63, 3.8) is 0 Å². The second-order valence-corrected chi connectivity index (χ2v) is 8.55. The minimum atomic E-state index is -0.0404. The van der Waals surface area contributed by atoms with Crippen molar-refractivity contribution in [2.45, 2.75) is 56.6 Å². The predicted molar refractivity (Wildman–Crippen MR) is 102 cm³/mol. The number of nitrogens with one attached hydrogen (secondary N) is 1. The van der Waals surface area contributed by atoms with Gasteiger partial charge in [-0.3, -0.25) is 9.59 Å².